The molecule has 1 heterocycles. The number of benzene rings is 1. The number of halogens is 2. The maximum Gasteiger partial charge on any atom is 0.130 e. The Kier molecular flexibility index (Phi) is 5.67. The van der Waals surface area contributed by atoms with Crippen molar-refractivity contribution in [1.29, 1.82) is 0 Å². The number of rotatable bonds is 6. The normalized spacial score (nSPS) is 19.4. The molecule has 21 heavy (non-hydrogen) atoms. The van der Waals surface area contributed by atoms with E-state index in [1.54, 1.807) is 0 Å². The fourth-order valence-corrected chi connectivity index (χ4v) is 2.79. The zero-order valence-electron chi connectivity index (χ0n) is 12.4. The van der Waals surface area contributed by atoms with Crippen molar-refractivity contribution in [3.05, 3.63) is 35.4 Å². The standard InChI is InChI=1S/C16H23F2NO2/c1-2-15(13-4-3-12(17)9-14(13)18)19-10-16(11-20)5-7-21-8-6-16/h3-4,9,15,19-20H,2,5-8,10-11H2,1H3. The second-order valence-electron chi connectivity index (χ2n) is 5.78. The Morgan fingerprint density at radius 3 is 2.62 bits per heavy atom. The Morgan fingerprint density at radius 2 is 2.05 bits per heavy atom. The minimum Gasteiger partial charge on any atom is -0.396 e. The molecule has 0 amide bonds. The first-order valence-electron chi connectivity index (χ1n) is 7.47. The van der Waals surface area contributed by atoms with Crippen LogP contribution in [0.4, 0.5) is 8.78 Å². The molecule has 0 aliphatic carbocycles. The van der Waals surface area contributed by atoms with Gasteiger partial charge in [0, 0.05) is 42.8 Å². The summed E-state index contributed by atoms with van der Waals surface area (Å²) in [5, 5.41) is 13.0. The van der Waals surface area contributed by atoms with E-state index in [1.807, 2.05) is 6.92 Å². The van der Waals surface area contributed by atoms with Gasteiger partial charge < -0.3 is 15.2 Å². The lowest BCUT2D eigenvalue weighted by atomic mass is 9.80. The van der Waals surface area contributed by atoms with Gasteiger partial charge in [0.1, 0.15) is 11.6 Å². The summed E-state index contributed by atoms with van der Waals surface area (Å²) in [6.45, 7) is 3.93. The minimum absolute atomic E-state index is 0.0890. The molecule has 0 aromatic heterocycles. The first kappa shape index (κ1) is 16.3. The lowest BCUT2D eigenvalue weighted by Gasteiger charge is -2.37. The van der Waals surface area contributed by atoms with Crippen LogP contribution >= 0.6 is 0 Å². The molecule has 1 aliphatic heterocycles. The van der Waals surface area contributed by atoms with Crippen LogP contribution in [0.3, 0.4) is 0 Å². The van der Waals surface area contributed by atoms with E-state index in [4.69, 9.17) is 4.74 Å². The van der Waals surface area contributed by atoms with Crippen LogP contribution in [0.2, 0.25) is 0 Å². The summed E-state index contributed by atoms with van der Waals surface area (Å²) >= 11 is 0. The van der Waals surface area contributed by atoms with E-state index in [9.17, 15) is 13.9 Å². The molecule has 1 atom stereocenters. The van der Waals surface area contributed by atoms with Crippen LogP contribution < -0.4 is 5.32 Å². The Bertz CT molecular complexity index is 462. The van der Waals surface area contributed by atoms with Crippen LogP contribution in [0, 0.1) is 17.0 Å². The van der Waals surface area contributed by atoms with Crippen LogP contribution in [0.25, 0.3) is 0 Å². The van der Waals surface area contributed by atoms with Gasteiger partial charge in [-0.1, -0.05) is 13.0 Å². The average Bonchev–Trinajstić information content (AvgIpc) is 2.50. The molecule has 1 fully saturated rings. The molecule has 0 spiro atoms. The molecule has 118 valence electrons. The number of aliphatic hydroxyl groups excluding tert-OH is 1. The van der Waals surface area contributed by atoms with E-state index in [1.165, 1.54) is 12.1 Å². The van der Waals surface area contributed by atoms with Gasteiger partial charge in [0.2, 0.25) is 0 Å². The van der Waals surface area contributed by atoms with E-state index in [-0.39, 0.29) is 18.1 Å². The van der Waals surface area contributed by atoms with E-state index in [0.29, 0.717) is 31.7 Å². The Morgan fingerprint density at radius 1 is 1.33 bits per heavy atom. The molecule has 1 aliphatic rings. The van der Waals surface area contributed by atoms with Crippen molar-refractivity contribution in [2.24, 2.45) is 5.41 Å². The molecule has 0 bridgehead atoms. The summed E-state index contributed by atoms with van der Waals surface area (Å²) in [4.78, 5) is 0. The van der Waals surface area contributed by atoms with Crippen LogP contribution in [-0.2, 0) is 4.74 Å². The van der Waals surface area contributed by atoms with Gasteiger partial charge >= 0.3 is 0 Å². The molecule has 2 rings (SSSR count). The van der Waals surface area contributed by atoms with Gasteiger partial charge in [0.25, 0.3) is 0 Å². The molecule has 0 radical (unpaired) electrons. The lowest BCUT2D eigenvalue weighted by molar-refractivity contribution is -0.0166. The van der Waals surface area contributed by atoms with Crippen molar-refractivity contribution in [3.63, 3.8) is 0 Å². The Balaban J connectivity index is 2.04. The highest BCUT2D eigenvalue weighted by molar-refractivity contribution is 5.22. The SMILES string of the molecule is CCC(NCC1(CO)CCOCC1)c1ccc(F)cc1F. The summed E-state index contributed by atoms with van der Waals surface area (Å²) in [7, 11) is 0. The van der Waals surface area contributed by atoms with E-state index < -0.39 is 11.6 Å². The molecule has 0 saturated carbocycles. The summed E-state index contributed by atoms with van der Waals surface area (Å²) in [5.41, 5.74) is 0.265. The van der Waals surface area contributed by atoms with Gasteiger partial charge in [-0.3, -0.25) is 0 Å². The van der Waals surface area contributed by atoms with Crippen LogP contribution in [0.15, 0.2) is 18.2 Å². The molecule has 5 heteroatoms. The molecular weight excluding hydrogens is 276 g/mol. The van der Waals surface area contributed by atoms with Gasteiger partial charge in [-0.25, -0.2) is 8.78 Å². The Hall–Kier alpha value is -1.04. The number of hydrogen-bond acceptors (Lipinski definition) is 3. The molecule has 1 saturated heterocycles. The fourth-order valence-electron chi connectivity index (χ4n) is 2.79. The van der Waals surface area contributed by atoms with Crippen LogP contribution in [0.5, 0.6) is 0 Å². The van der Waals surface area contributed by atoms with E-state index >= 15 is 0 Å². The number of aliphatic hydroxyl groups is 1. The number of hydrogen-bond donors (Lipinski definition) is 2. The minimum atomic E-state index is -0.567. The zero-order valence-corrected chi connectivity index (χ0v) is 12.4. The first-order valence-corrected chi connectivity index (χ1v) is 7.47. The van der Waals surface area contributed by atoms with Crippen molar-refractivity contribution in [1.82, 2.24) is 5.32 Å². The molecule has 1 aromatic rings. The van der Waals surface area contributed by atoms with Crippen molar-refractivity contribution in [2.45, 2.75) is 32.2 Å². The smallest absolute Gasteiger partial charge is 0.130 e. The predicted molar refractivity (Wildman–Crippen MR) is 77.0 cm³/mol. The fraction of sp³-hybridized carbons (Fsp3) is 0.625. The van der Waals surface area contributed by atoms with Crippen LogP contribution in [-0.4, -0.2) is 31.5 Å². The molecule has 1 unspecified atom stereocenters. The summed E-state index contributed by atoms with van der Waals surface area (Å²) in [6.07, 6.45) is 2.28. The Labute approximate surface area is 124 Å². The lowest BCUT2D eigenvalue weighted by Crippen LogP contribution is -2.43. The predicted octanol–water partition coefficient (Wildman–Crippen LogP) is 2.79. The van der Waals surface area contributed by atoms with Gasteiger partial charge in [-0.15, -0.1) is 0 Å². The first-order chi connectivity index (χ1) is 10.1. The third-order valence-corrected chi connectivity index (χ3v) is 4.36. The van der Waals surface area contributed by atoms with E-state index in [2.05, 4.69) is 5.32 Å². The van der Waals surface area contributed by atoms with Gasteiger partial charge in [-0.05, 0) is 25.3 Å². The largest absolute Gasteiger partial charge is 0.396 e. The summed E-state index contributed by atoms with van der Waals surface area (Å²) in [5.74, 6) is -1.10. The third-order valence-electron chi connectivity index (χ3n) is 4.36. The average molecular weight is 299 g/mol. The highest BCUT2D eigenvalue weighted by Gasteiger charge is 2.32. The van der Waals surface area contributed by atoms with Gasteiger partial charge in [-0.2, -0.15) is 0 Å². The quantitative estimate of drug-likeness (QED) is 0.849. The summed E-state index contributed by atoms with van der Waals surface area (Å²) in [6, 6.07) is 3.49. The second kappa shape index (κ2) is 7.29. The molecular formula is C16H23F2NO2. The maximum atomic E-state index is 13.9. The summed E-state index contributed by atoms with van der Waals surface area (Å²) < 4.78 is 32.2. The molecule has 1 aromatic carbocycles. The zero-order chi connectivity index (χ0) is 15.3. The van der Waals surface area contributed by atoms with Crippen molar-refractivity contribution in [3.8, 4) is 0 Å². The molecule has 3 nitrogen and oxygen atoms in total. The van der Waals surface area contributed by atoms with Gasteiger partial charge in [0.15, 0.2) is 0 Å². The third kappa shape index (κ3) is 3.99. The number of ether oxygens (including phenoxy) is 1. The highest BCUT2D eigenvalue weighted by atomic mass is 19.1. The monoisotopic (exact) mass is 299 g/mol. The van der Waals surface area contributed by atoms with Crippen molar-refractivity contribution in [2.75, 3.05) is 26.4 Å². The molecule has 2 N–H and O–H groups in total. The van der Waals surface area contributed by atoms with Crippen LogP contribution in [0.1, 0.15) is 37.8 Å². The van der Waals surface area contributed by atoms with E-state index in [0.717, 1.165) is 18.9 Å². The van der Waals surface area contributed by atoms with Crippen molar-refractivity contribution >= 4 is 0 Å². The van der Waals surface area contributed by atoms with Crippen molar-refractivity contribution < 1.29 is 18.6 Å². The second-order valence-corrected chi connectivity index (χ2v) is 5.78. The maximum absolute atomic E-state index is 13.9. The number of nitrogens with one attached hydrogen (secondary N) is 1. The topological polar surface area (TPSA) is 41.5 Å². The van der Waals surface area contributed by atoms with Gasteiger partial charge in [0.05, 0.1) is 6.61 Å². The highest BCUT2D eigenvalue weighted by Crippen LogP contribution is 2.30.